The number of nitrogens with one attached hydrogen (secondary N) is 1. The Kier molecular flexibility index (Phi) is 42.4. The van der Waals surface area contributed by atoms with Gasteiger partial charge in [0.25, 0.3) is 5.79 Å². The summed E-state index contributed by atoms with van der Waals surface area (Å²) < 4.78 is 308. The van der Waals surface area contributed by atoms with E-state index in [1.54, 1.807) is 41.5 Å². The summed E-state index contributed by atoms with van der Waals surface area (Å²) >= 11 is 0. The van der Waals surface area contributed by atoms with Crippen molar-refractivity contribution in [2.45, 2.75) is 156 Å². The first-order chi connectivity index (χ1) is 59.4. The maximum atomic E-state index is 13.8. The van der Waals surface area contributed by atoms with Crippen molar-refractivity contribution in [2.75, 3.05) is 33.5 Å². The standard InChI is InChI=1S/C19H18F6N4O3.C17H22F3NO4.C14H11F3O5.C12H12F3NO2.C12H11F3O3.C8H5F3O2.ClH/c1-32-17(31)16-14-8-28(2-3-29(14)18(27-16)19(23,24)25)15(30)6-10(26)4-9-5-12(21)13(22)7-11(9)20;1-5-24-15(22)8-11(21-16(23)25-17(2,3)4)6-10-7-13(19)14(20)9-12(10)18;1-14(2)21-12(19)11(13(20)22-14)10(18)4-6-3-8(16)9(17)5-7(6)15;2*1-2-18-12(17)5-8(16)3-7-4-10(14)11(15)6-9(7)13;9-5-3-7(11)6(10)1-4(5)2-8(12)13;/h5,7,10H,2-4,6,8,26H2,1H3;7,9,11H,5-6,8H2,1-4H3,(H,21,23);3,5,11H,4H2,1-2H3;4-6H,2-3,16H2,1H3;4,6H,2-3,5H2,1H3;1,3H,2H2,(H,12,13);1H/b;;;8-5-;;;/t10-;11-;;;;;/m11...../s1. The van der Waals surface area contributed by atoms with Gasteiger partial charge in [0.05, 0.1) is 52.0 Å². The van der Waals surface area contributed by atoms with Gasteiger partial charge in [-0.3, -0.25) is 38.4 Å². The topological polar surface area (TPSA) is 358 Å². The number of cyclic esters (lactones) is 2. The van der Waals surface area contributed by atoms with Crippen molar-refractivity contribution in [3.63, 3.8) is 0 Å². The Morgan fingerprint density at radius 3 is 1.33 bits per heavy atom. The minimum Gasteiger partial charge on any atom is -0.481 e. The molecule has 1 fully saturated rings. The molecule has 1 aromatic heterocycles. The molecule has 706 valence electrons. The number of aliphatic carboxylic acids is 1. The van der Waals surface area contributed by atoms with Crippen molar-refractivity contribution in [3.05, 3.63) is 240 Å². The number of fused-ring (bicyclic) bond motifs is 1. The van der Waals surface area contributed by atoms with Crippen LogP contribution in [0.3, 0.4) is 0 Å². The number of carbonyl (C=O) groups excluding carboxylic acids is 10. The molecule has 7 aromatic rings. The maximum Gasteiger partial charge on any atom is 0.449 e. The van der Waals surface area contributed by atoms with Gasteiger partial charge in [0.15, 0.2) is 81.3 Å². The molecule has 25 nitrogen and oxygen atoms in total. The largest absolute Gasteiger partial charge is 0.481 e. The number of halogens is 22. The van der Waals surface area contributed by atoms with Crippen LogP contribution in [0.4, 0.5) is 97.0 Å². The number of ketones is 2. The number of allylic oxidation sites excluding steroid dienone is 1. The van der Waals surface area contributed by atoms with Crippen molar-refractivity contribution < 1.29 is 183 Å². The first-order valence-electron chi connectivity index (χ1n) is 37.2. The maximum absolute atomic E-state index is 13.8. The number of carboxylic acids is 1. The second-order valence-electron chi connectivity index (χ2n) is 28.3. The smallest absolute Gasteiger partial charge is 0.449 e. The Hall–Kier alpha value is -12.8. The number of nitrogens with zero attached hydrogens (tertiary/aromatic N) is 3. The van der Waals surface area contributed by atoms with Crippen LogP contribution in [0, 0.1) is 111 Å². The van der Waals surface area contributed by atoms with Crippen LogP contribution in [-0.4, -0.2) is 142 Å². The number of nitrogens with two attached hydrogens (primary N) is 2. The fraction of sp³-hybridized carbons (Fsp3) is 0.366. The Morgan fingerprint density at radius 1 is 0.543 bits per heavy atom. The molecule has 1 saturated heterocycles. The van der Waals surface area contributed by atoms with E-state index in [1.807, 2.05) is 0 Å². The normalized spacial score (nSPS) is 13.2. The van der Waals surface area contributed by atoms with Crippen LogP contribution in [0.25, 0.3) is 0 Å². The number of Topliss-reactive ketones (excluding diaryl/α,β-unsaturated/α-hetero) is 2. The van der Waals surface area contributed by atoms with Gasteiger partial charge in [0.2, 0.25) is 17.6 Å². The van der Waals surface area contributed by atoms with Gasteiger partial charge in [0.1, 0.15) is 52.7 Å². The van der Waals surface area contributed by atoms with Gasteiger partial charge in [-0.15, -0.1) is 12.4 Å². The summed E-state index contributed by atoms with van der Waals surface area (Å²) in [5.41, 5.74) is 8.20. The lowest BCUT2D eigenvalue weighted by molar-refractivity contribution is -0.238. The second kappa shape index (κ2) is 49.5. The predicted molar refractivity (Wildman–Crippen MR) is 406 cm³/mol. The summed E-state index contributed by atoms with van der Waals surface area (Å²) in [6, 6.07) is 3.99. The van der Waals surface area contributed by atoms with E-state index in [0.29, 0.717) is 66.7 Å². The van der Waals surface area contributed by atoms with Crippen LogP contribution in [0.2, 0.25) is 0 Å². The highest BCUT2D eigenvalue weighted by Crippen LogP contribution is 2.34. The number of hydrogen-bond acceptors (Lipinski definition) is 21. The van der Waals surface area contributed by atoms with E-state index in [2.05, 4.69) is 24.5 Å². The van der Waals surface area contributed by atoms with E-state index in [1.165, 1.54) is 18.7 Å². The summed E-state index contributed by atoms with van der Waals surface area (Å²) in [5, 5.41) is 10.7. The van der Waals surface area contributed by atoms with Crippen molar-refractivity contribution >= 4 is 77.8 Å². The highest BCUT2D eigenvalue weighted by molar-refractivity contribution is 6.16. The number of ether oxygens (including phenoxy) is 7. The van der Waals surface area contributed by atoms with Gasteiger partial charge >= 0.3 is 54.1 Å². The first-order valence-corrected chi connectivity index (χ1v) is 37.2. The van der Waals surface area contributed by atoms with E-state index >= 15 is 0 Å². The molecule has 2 aliphatic rings. The van der Waals surface area contributed by atoms with Crippen molar-refractivity contribution in [2.24, 2.45) is 17.4 Å². The zero-order chi connectivity index (χ0) is 97.1. The number of esters is 6. The lowest BCUT2D eigenvalue weighted by atomic mass is 9.96. The van der Waals surface area contributed by atoms with E-state index in [-0.39, 0.29) is 129 Å². The van der Waals surface area contributed by atoms with Crippen LogP contribution in [-0.2, 0) is 134 Å². The molecule has 47 heteroatoms. The van der Waals surface area contributed by atoms with Crippen molar-refractivity contribution in [1.82, 2.24) is 19.8 Å². The zero-order valence-corrected chi connectivity index (χ0v) is 69.8. The summed E-state index contributed by atoms with van der Waals surface area (Å²) in [4.78, 5) is 131. The number of alkyl carbamates (subject to hydrolysis) is 1. The molecule has 0 spiro atoms. The highest BCUT2D eigenvalue weighted by Gasteiger charge is 2.48. The molecule has 6 N–H and O–H groups in total. The van der Waals surface area contributed by atoms with Gasteiger partial charge in [-0.25, -0.2) is 98.4 Å². The van der Waals surface area contributed by atoms with Gasteiger partial charge < -0.3 is 64.5 Å². The quantitative estimate of drug-likeness (QED) is 0.0103. The summed E-state index contributed by atoms with van der Waals surface area (Å²) in [6.07, 6.45) is -8.43. The zero-order valence-electron chi connectivity index (χ0n) is 69.0. The molecule has 0 saturated carbocycles. The Balaban J connectivity index is 0.000000407. The number of amides is 2. The number of carboxylic acid groups (broad SMARTS) is 1. The molecule has 6 aromatic carbocycles. The van der Waals surface area contributed by atoms with Gasteiger partial charge in [-0.1, -0.05) is 0 Å². The van der Waals surface area contributed by atoms with E-state index in [9.17, 15) is 145 Å². The molecule has 2 amide bonds. The minimum absolute atomic E-state index is 0. The summed E-state index contributed by atoms with van der Waals surface area (Å²) in [7, 11) is 0.990. The fourth-order valence-corrected chi connectivity index (χ4v) is 11.0. The molecule has 129 heavy (non-hydrogen) atoms. The Bertz CT molecular complexity index is 5270. The molecular formula is C82H80ClF21N6O19. The van der Waals surface area contributed by atoms with Gasteiger partial charge in [0, 0.05) is 118 Å². The van der Waals surface area contributed by atoms with Crippen LogP contribution in [0.15, 0.2) is 84.6 Å². The number of carbonyl (C=O) groups is 11. The minimum atomic E-state index is -4.82. The van der Waals surface area contributed by atoms with E-state index in [4.69, 9.17) is 35.5 Å². The average Bonchev–Trinajstić information content (AvgIpc) is 1.69. The molecule has 2 atom stereocenters. The fourth-order valence-electron chi connectivity index (χ4n) is 11.0. The second-order valence-corrected chi connectivity index (χ2v) is 28.3. The third-order valence-corrected chi connectivity index (χ3v) is 16.6. The van der Waals surface area contributed by atoms with Crippen LogP contribution < -0.4 is 16.8 Å². The number of alkyl halides is 3. The monoisotopic (exact) mass is 1890 g/mol. The molecular weight excluding hydrogens is 1810 g/mol. The molecule has 0 bridgehead atoms. The number of aromatic nitrogens is 2. The first kappa shape index (κ1) is 110. The molecule has 3 heterocycles. The third-order valence-electron chi connectivity index (χ3n) is 16.6. The summed E-state index contributed by atoms with van der Waals surface area (Å²) in [6.45, 7) is 12.1. The number of methoxy groups -OCH3 is 1. The van der Waals surface area contributed by atoms with Gasteiger partial charge in [-0.2, -0.15) is 13.2 Å². The molecule has 0 radical (unpaired) electrons. The van der Waals surface area contributed by atoms with Crippen LogP contribution >= 0.6 is 12.4 Å². The van der Waals surface area contributed by atoms with Crippen molar-refractivity contribution in [3.8, 4) is 0 Å². The molecule has 2 aliphatic heterocycles. The third kappa shape index (κ3) is 35.4. The lowest BCUT2D eigenvalue weighted by Gasteiger charge is -2.32. The number of imidazole rings is 1. The predicted octanol–water partition coefficient (Wildman–Crippen LogP) is 13.9. The Labute approximate surface area is 724 Å². The van der Waals surface area contributed by atoms with Crippen LogP contribution in [0.5, 0.6) is 0 Å². The number of benzene rings is 6. The number of hydrogen-bond donors (Lipinski definition) is 4. The van der Waals surface area contributed by atoms with Crippen LogP contribution in [0.1, 0.15) is 130 Å². The Morgan fingerprint density at radius 2 is 0.922 bits per heavy atom. The number of rotatable bonds is 25. The average molecular weight is 1890 g/mol. The van der Waals surface area contributed by atoms with E-state index in [0.717, 1.165) is 17.8 Å². The van der Waals surface area contributed by atoms with Gasteiger partial charge in [-0.05, 0) is 119 Å². The highest BCUT2D eigenvalue weighted by atomic mass is 35.5. The molecule has 0 unspecified atom stereocenters. The molecule has 9 rings (SSSR count). The molecule has 0 aliphatic carbocycles. The lowest BCUT2D eigenvalue weighted by Crippen LogP contribution is -2.49. The van der Waals surface area contributed by atoms with Crippen molar-refractivity contribution in [1.29, 1.82) is 0 Å². The summed E-state index contributed by atoms with van der Waals surface area (Å²) in [5.74, 6) is -35.2. The van der Waals surface area contributed by atoms with E-state index < -0.39 is 248 Å². The SMILES string of the molecule is CC1(C)OC(=O)C(C(=O)Cc2cc(F)c(F)cc2F)C(=O)O1.CCOC(=O)/C=C(\N)Cc1cc(F)c(F)cc1F.CCOC(=O)CC(=O)Cc1cc(F)c(F)cc1F.CCOC(=O)C[C@@H](Cc1cc(F)c(F)cc1F)NC(=O)OC(C)(C)C.COC(=O)c1nc(C(F)(F)F)n2c1CN(C(=O)C[C@H](N)Cc1cc(F)c(F)cc1F)CC2.Cl.O=C(O)Cc1cc(F)c(F)cc1F.